The zero-order valence-corrected chi connectivity index (χ0v) is 30.1. The van der Waals surface area contributed by atoms with Crippen molar-refractivity contribution in [3.05, 3.63) is 64.9 Å². The molecule has 1 N–H and O–H groups in total. The Bertz CT molecular complexity index is 1900. The van der Waals surface area contributed by atoms with E-state index in [1.54, 1.807) is 43.0 Å². The second-order valence-electron chi connectivity index (χ2n) is 13.6. The van der Waals surface area contributed by atoms with Crippen LogP contribution in [0, 0.1) is 13.8 Å². The minimum absolute atomic E-state index is 0.0728. The minimum Gasteiger partial charge on any atom is -0.377 e. The van der Waals surface area contributed by atoms with Gasteiger partial charge in [-0.05, 0) is 88.5 Å². The molecule has 1 spiro atoms. The van der Waals surface area contributed by atoms with E-state index in [2.05, 4.69) is 9.88 Å². The lowest BCUT2D eigenvalue weighted by atomic mass is 9.87. The third-order valence-corrected chi connectivity index (χ3v) is 11.5. The molecule has 13 heteroatoms. The molecule has 1 aromatic heterocycles. The predicted octanol–water partition coefficient (Wildman–Crippen LogP) is 6.48. The second kappa shape index (κ2) is 14.3. The summed E-state index contributed by atoms with van der Waals surface area (Å²) < 4.78 is 56.5. The summed E-state index contributed by atoms with van der Waals surface area (Å²) >= 11 is 0. The molecule has 1 atom stereocenters. The Hall–Kier alpha value is -4.10. The van der Waals surface area contributed by atoms with Crippen LogP contribution in [0.25, 0.3) is 11.1 Å². The fourth-order valence-corrected chi connectivity index (χ4v) is 8.63. The van der Waals surface area contributed by atoms with Crippen molar-refractivity contribution in [3.8, 4) is 11.1 Å². The van der Waals surface area contributed by atoms with Crippen molar-refractivity contribution in [2.75, 3.05) is 24.4 Å². The predicted molar refractivity (Wildman–Crippen MR) is 188 cm³/mol. The van der Waals surface area contributed by atoms with Crippen molar-refractivity contribution in [3.63, 3.8) is 0 Å². The lowest BCUT2D eigenvalue weighted by Gasteiger charge is -2.39. The van der Waals surface area contributed by atoms with E-state index in [4.69, 9.17) is 14.3 Å². The van der Waals surface area contributed by atoms with Crippen LogP contribution < -0.4 is 4.72 Å². The van der Waals surface area contributed by atoms with Gasteiger partial charge in [-0.3, -0.25) is 24.2 Å². The Kier molecular flexibility index (Phi) is 10.2. The van der Waals surface area contributed by atoms with Gasteiger partial charge < -0.3 is 14.2 Å². The van der Waals surface area contributed by atoms with E-state index in [1.807, 2.05) is 32.0 Å². The van der Waals surface area contributed by atoms with E-state index in [9.17, 15) is 18.0 Å². The van der Waals surface area contributed by atoms with Crippen LogP contribution in [0.4, 0.5) is 10.2 Å². The zero-order valence-electron chi connectivity index (χ0n) is 29.3. The summed E-state index contributed by atoms with van der Waals surface area (Å²) in [6.45, 7) is 8.78. The van der Waals surface area contributed by atoms with Gasteiger partial charge >= 0.3 is 0 Å². The molecule has 1 saturated carbocycles. The van der Waals surface area contributed by atoms with Crippen molar-refractivity contribution in [1.82, 2.24) is 15.0 Å². The van der Waals surface area contributed by atoms with Gasteiger partial charge in [0, 0.05) is 30.7 Å². The number of aliphatic imine (C=N–C) groups is 1. The molecule has 11 nitrogen and oxygen atoms in total. The first-order valence-corrected chi connectivity index (χ1v) is 19.0. The molecular weight excluding hydrogens is 662 g/mol. The van der Waals surface area contributed by atoms with Gasteiger partial charge in [-0.2, -0.15) is 0 Å². The van der Waals surface area contributed by atoms with Crippen LogP contribution in [-0.2, 0) is 37.5 Å². The average molecular weight is 708 g/mol. The summed E-state index contributed by atoms with van der Waals surface area (Å²) in [4.78, 5) is 35.9. The maximum atomic E-state index is 15.5. The van der Waals surface area contributed by atoms with Crippen molar-refractivity contribution in [2.24, 2.45) is 4.99 Å². The molecule has 0 radical (unpaired) electrons. The van der Waals surface area contributed by atoms with Gasteiger partial charge in [0.15, 0.2) is 17.0 Å². The van der Waals surface area contributed by atoms with Crippen LogP contribution in [0.1, 0.15) is 87.7 Å². The highest BCUT2D eigenvalue weighted by Gasteiger charge is 2.53. The molecule has 268 valence electrons. The normalized spacial score (nSPS) is 20.5. The number of piperidine rings is 1. The number of halogens is 1. The quantitative estimate of drug-likeness (QED) is 0.228. The number of sulfonamides is 1. The number of amides is 2. The highest BCUT2D eigenvalue weighted by molar-refractivity contribution is 7.92. The Morgan fingerprint density at radius 3 is 2.52 bits per heavy atom. The minimum atomic E-state index is -4.06. The standard InChI is InChI=1S/C37H46FN5O6S/c1-5-12-32-39-37(19-11-20-42(24-37)34(44)36(38)17-9-10-18-36)35(45)43(32)22-27-15-16-29(28(21-27)23-48-6-2)30-13-7-8-14-31(30)50(46,47)41-33-25(3)26(4)49-40-33/h7-8,13-16,21H,5-6,9-12,17-20,22-24H2,1-4H3,(H,40,41)/t37-/m0/s1. The summed E-state index contributed by atoms with van der Waals surface area (Å²) in [5.74, 6) is 0.639. The monoisotopic (exact) mass is 707 g/mol. The maximum Gasteiger partial charge on any atom is 0.263 e. The fourth-order valence-electron chi connectivity index (χ4n) is 7.35. The number of nitrogens with zero attached hydrogens (tertiary/aromatic N) is 4. The molecule has 2 aromatic carbocycles. The number of ether oxygens (including phenoxy) is 1. The number of aromatic nitrogens is 1. The molecule has 2 aliphatic heterocycles. The topological polar surface area (TPSA) is 134 Å². The molecule has 3 aliphatic rings. The first-order chi connectivity index (χ1) is 23.9. The van der Waals surface area contributed by atoms with Gasteiger partial charge in [-0.15, -0.1) is 0 Å². The number of carbonyl (C=O) groups is 2. The molecule has 6 rings (SSSR count). The van der Waals surface area contributed by atoms with Crippen LogP contribution in [0.5, 0.6) is 0 Å². The fraction of sp³-hybridized carbons (Fsp3) is 0.514. The number of hydrogen-bond donors (Lipinski definition) is 1. The maximum absolute atomic E-state index is 15.5. The number of likely N-dealkylation sites (tertiary alicyclic amines) is 1. The number of anilines is 1. The number of hydrogen-bond acceptors (Lipinski definition) is 8. The summed E-state index contributed by atoms with van der Waals surface area (Å²) in [6.07, 6.45) is 4.28. The van der Waals surface area contributed by atoms with Gasteiger partial charge in [0.25, 0.3) is 21.8 Å². The van der Waals surface area contributed by atoms with Crippen LogP contribution in [0.3, 0.4) is 0 Å². The second-order valence-corrected chi connectivity index (χ2v) is 15.3. The van der Waals surface area contributed by atoms with Gasteiger partial charge in [-0.25, -0.2) is 12.8 Å². The number of alkyl halides is 1. The Morgan fingerprint density at radius 1 is 1.06 bits per heavy atom. The molecule has 2 amide bonds. The molecule has 3 aromatic rings. The van der Waals surface area contributed by atoms with Crippen LogP contribution >= 0.6 is 0 Å². The highest BCUT2D eigenvalue weighted by Crippen LogP contribution is 2.40. The van der Waals surface area contributed by atoms with Crippen LogP contribution in [-0.4, -0.2) is 71.9 Å². The van der Waals surface area contributed by atoms with E-state index in [1.165, 1.54) is 4.90 Å². The van der Waals surface area contributed by atoms with Crippen LogP contribution in [0.15, 0.2) is 56.9 Å². The summed E-state index contributed by atoms with van der Waals surface area (Å²) in [5, 5.41) is 3.87. The molecule has 50 heavy (non-hydrogen) atoms. The van der Waals surface area contributed by atoms with Gasteiger partial charge in [-0.1, -0.05) is 48.5 Å². The van der Waals surface area contributed by atoms with Gasteiger partial charge in [0.05, 0.1) is 24.6 Å². The van der Waals surface area contributed by atoms with Crippen molar-refractivity contribution in [1.29, 1.82) is 0 Å². The van der Waals surface area contributed by atoms with Crippen LogP contribution in [0.2, 0.25) is 0 Å². The molecule has 3 heterocycles. The highest BCUT2D eigenvalue weighted by atomic mass is 32.2. The largest absolute Gasteiger partial charge is 0.377 e. The van der Waals surface area contributed by atoms with Crippen molar-refractivity contribution in [2.45, 2.75) is 108 Å². The lowest BCUT2D eigenvalue weighted by molar-refractivity contribution is -0.148. The van der Waals surface area contributed by atoms with Crippen molar-refractivity contribution >= 4 is 33.5 Å². The van der Waals surface area contributed by atoms with Gasteiger partial charge in [0.1, 0.15) is 11.6 Å². The lowest BCUT2D eigenvalue weighted by Crippen LogP contribution is -2.57. The average Bonchev–Trinajstić information content (AvgIpc) is 3.76. The molecular formula is C37H46FN5O6S. The molecule has 1 saturated heterocycles. The molecule has 0 bridgehead atoms. The Labute approximate surface area is 293 Å². The number of rotatable bonds is 12. The van der Waals surface area contributed by atoms with E-state index >= 15 is 4.39 Å². The summed E-state index contributed by atoms with van der Waals surface area (Å²) in [5.41, 5.74) is 0.376. The van der Waals surface area contributed by atoms with Gasteiger partial charge in [0.2, 0.25) is 0 Å². The van der Waals surface area contributed by atoms with E-state index in [-0.39, 0.29) is 49.2 Å². The van der Waals surface area contributed by atoms with E-state index < -0.39 is 27.1 Å². The Morgan fingerprint density at radius 2 is 1.82 bits per heavy atom. The smallest absolute Gasteiger partial charge is 0.263 e. The number of carbonyl (C=O) groups excluding carboxylic acids is 2. The van der Waals surface area contributed by atoms with E-state index in [0.29, 0.717) is 73.5 Å². The number of aryl methyl sites for hydroxylation is 1. The first-order valence-electron chi connectivity index (χ1n) is 17.5. The molecule has 1 aliphatic carbocycles. The number of nitrogens with one attached hydrogen (secondary N) is 1. The zero-order chi connectivity index (χ0) is 35.7. The molecule has 2 fully saturated rings. The van der Waals surface area contributed by atoms with Crippen molar-refractivity contribution < 1.29 is 31.7 Å². The summed E-state index contributed by atoms with van der Waals surface area (Å²) in [7, 11) is -4.06. The summed E-state index contributed by atoms with van der Waals surface area (Å²) in [6, 6.07) is 12.4. The SMILES string of the molecule is CCCC1=N[C@]2(CCCN(C(=O)C3(F)CCCC3)C2)C(=O)N1Cc1ccc(-c2ccccc2S(=O)(=O)Nc2noc(C)c2C)c(COCC)c1. The number of benzene rings is 2. The first kappa shape index (κ1) is 35.7. The Balaban J connectivity index is 1.29. The third kappa shape index (κ3) is 6.81. The molecule has 0 unspecified atom stereocenters. The van der Waals surface area contributed by atoms with E-state index in [0.717, 1.165) is 17.5 Å². The number of amidine groups is 1. The third-order valence-electron chi connectivity index (χ3n) is 10.1.